The summed E-state index contributed by atoms with van der Waals surface area (Å²) in [6.45, 7) is 12.2. The van der Waals surface area contributed by atoms with E-state index in [9.17, 15) is 0 Å². The van der Waals surface area contributed by atoms with Gasteiger partial charge in [0.2, 0.25) is 0 Å². The second-order valence-electron chi connectivity index (χ2n) is 6.52. The lowest BCUT2D eigenvalue weighted by Crippen LogP contribution is -2.62. The Bertz CT molecular complexity index is 429. The zero-order valence-corrected chi connectivity index (χ0v) is 13.2. The highest BCUT2D eigenvalue weighted by Crippen LogP contribution is 2.26. The average Bonchev–Trinajstić information content (AvgIpc) is 2.34. The maximum Gasteiger partial charge on any atom is 0.0451 e. The summed E-state index contributed by atoms with van der Waals surface area (Å²) < 4.78 is 0. The summed E-state index contributed by atoms with van der Waals surface area (Å²) in [5.74, 6) is 0.657. The topological polar surface area (TPSA) is 15.3 Å². The summed E-state index contributed by atoms with van der Waals surface area (Å²) >= 11 is 6.29. The molecular formula is C16H25ClN2. The minimum Gasteiger partial charge on any atom is -0.311 e. The predicted molar refractivity (Wildman–Crippen MR) is 82.6 cm³/mol. The molecule has 0 bridgehead atoms. The molecule has 0 aliphatic carbocycles. The van der Waals surface area contributed by atoms with Gasteiger partial charge in [-0.1, -0.05) is 43.6 Å². The zero-order valence-electron chi connectivity index (χ0n) is 12.4. The van der Waals surface area contributed by atoms with E-state index in [1.165, 1.54) is 5.56 Å². The van der Waals surface area contributed by atoms with Gasteiger partial charge >= 0.3 is 0 Å². The Morgan fingerprint density at radius 3 is 2.68 bits per heavy atom. The summed E-state index contributed by atoms with van der Waals surface area (Å²) in [7, 11) is 0. The highest BCUT2D eigenvalue weighted by atomic mass is 35.5. The van der Waals surface area contributed by atoms with E-state index in [0.29, 0.717) is 12.0 Å². The third-order valence-electron chi connectivity index (χ3n) is 4.19. The molecule has 1 fully saturated rings. The monoisotopic (exact) mass is 280 g/mol. The Kier molecular flexibility index (Phi) is 4.54. The molecule has 2 nitrogen and oxygen atoms in total. The second kappa shape index (κ2) is 5.82. The molecule has 3 heteroatoms. The van der Waals surface area contributed by atoms with Crippen LogP contribution in [-0.4, -0.2) is 29.6 Å². The van der Waals surface area contributed by atoms with Crippen molar-refractivity contribution in [3.8, 4) is 0 Å². The van der Waals surface area contributed by atoms with Crippen molar-refractivity contribution in [2.45, 2.75) is 45.8 Å². The van der Waals surface area contributed by atoms with Crippen LogP contribution in [-0.2, 0) is 6.54 Å². The van der Waals surface area contributed by atoms with Gasteiger partial charge < -0.3 is 5.32 Å². The van der Waals surface area contributed by atoms with Gasteiger partial charge in [0.25, 0.3) is 0 Å². The largest absolute Gasteiger partial charge is 0.311 e. The van der Waals surface area contributed by atoms with E-state index < -0.39 is 0 Å². The fourth-order valence-electron chi connectivity index (χ4n) is 2.60. The lowest BCUT2D eigenvalue weighted by molar-refractivity contribution is 0.0475. The standard InChI is InChI=1S/C16H25ClN2/c1-12(2)15-10-19(16(3,4)11-18-15)9-13-7-5-6-8-14(13)17/h5-8,12,15,18H,9-11H2,1-4H3. The predicted octanol–water partition coefficient (Wildman–Crippen LogP) is 3.55. The molecule has 0 radical (unpaired) electrons. The number of hydrogen-bond acceptors (Lipinski definition) is 2. The van der Waals surface area contributed by atoms with Crippen LogP contribution in [0, 0.1) is 5.92 Å². The molecule has 19 heavy (non-hydrogen) atoms. The smallest absolute Gasteiger partial charge is 0.0451 e. The molecule has 0 amide bonds. The molecule has 1 saturated heterocycles. The number of rotatable bonds is 3. The number of halogens is 1. The third-order valence-corrected chi connectivity index (χ3v) is 4.56. The van der Waals surface area contributed by atoms with Crippen molar-refractivity contribution < 1.29 is 0 Å². The van der Waals surface area contributed by atoms with Crippen LogP contribution >= 0.6 is 11.6 Å². The third kappa shape index (κ3) is 3.50. The highest BCUT2D eigenvalue weighted by Gasteiger charge is 2.34. The minimum atomic E-state index is 0.171. The van der Waals surface area contributed by atoms with E-state index in [2.05, 4.69) is 50.0 Å². The fourth-order valence-corrected chi connectivity index (χ4v) is 2.79. The Labute approximate surface area is 122 Å². The minimum absolute atomic E-state index is 0.171. The summed E-state index contributed by atoms with van der Waals surface area (Å²) in [5, 5.41) is 4.54. The van der Waals surface area contributed by atoms with Crippen LogP contribution in [0.15, 0.2) is 24.3 Å². The molecule has 0 aromatic heterocycles. The summed E-state index contributed by atoms with van der Waals surface area (Å²) in [6, 6.07) is 8.73. The first-order valence-corrected chi connectivity index (χ1v) is 7.50. The molecule has 2 rings (SSSR count). The van der Waals surface area contributed by atoms with Crippen LogP contribution in [0.5, 0.6) is 0 Å². The van der Waals surface area contributed by atoms with E-state index in [4.69, 9.17) is 11.6 Å². The van der Waals surface area contributed by atoms with E-state index in [0.717, 1.165) is 24.7 Å². The zero-order chi connectivity index (χ0) is 14.0. The molecule has 0 saturated carbocycles. The van der Waals surface area contributed by atoms with Gasteiger partial charge in [-0.25, -0.2) is 0 Å². The van der Waals surface area contributed by atoms with Crippen LogP contribution in [0.1, 0.15) is 33.3 Å². The molecule has 1 unspecified atom stereocenters. The molecule has 1 heterocycles. The fraction of sp³-hybridized carbons (Fsp3) is 0.625. The molecule has 0 spiro atoms. The Balaban J connectivity index is 2.14. The van der Waals surface area contributed by atoms with Crippen molar-refractivity contribution >= 4 is 11.6 Å². The van der Waals surface area contributed by atoms with Gasteiger partial charge in [0.1, 0.15) is 0 Å². The second-order valence-corrected chi connectivity index (χ2v) is 6.92. The van der Waals surface area contributed by atoms with Gasteiger partial charge in [-0.15, -0.1) is 0 Å². The van der Waals surface area contributed by atoms with Crippen molar-refractivity contribution in [2.24, 2.45) is 5.92 Å². The first-order chi connectivity index (χ1) is 8.90. The van der Waals surface area contributed by atoms with Gasteiger partial charge in [0.15, 0.2) is 0 Å². The Morgan fingerprint density at radius 1 is 1.37 bits per heavy atom. The molecule has 1 atom stereocenters. The maximum absolute atomic E-state index is 6.29. The normalized spacial score (nSPS) is 23.8. The van der Waals surface area contributed by atoms with Crippen LogP contribution in [0.3, 0.4) is 0 Å². The van der Waals surface area contributed by atoms with E-state index in [-0.39, 0.29) is 5.54 Å². The molecule has 1 aliphatic heterocycles. The van der Waals surface area contributed by atoms with Gasteiger partial charge in [-0.2, -0.15) is 0 Å². The Hall–Kier alpha value is -0.570. The Morgan fingerprint density at radius 2 is 2.05 bits per heavy atom. The number of nitrogens with one attached hydrogen (secondary N) is 1. The number of piperazine rings is 1. The van der Waals surface area contributed by atoms with Crippen LogP contribution in [0.4, 0.5) is 0 Å². The van der Waals surface area contributed by atoms with Crippen molar-refractivity contribution in [1.29, 1.82) is 0 Å². The van der Waals surface area contributed by atoms with Gasteiger partial charge in [-0.05, 0) is 31.4 Å². The first-order valence-electron chi connectivity index (χ1n) is 7.12. The van der Waals surface area contributed by atoms with Crippen molar-refractivity contribution in [2.75, 3.05) is 13.1 Å². The summed E-state index contributed by atoms with van der Waals surface area (Å²) in [5.41, 5.74) is 1.39. The van der Waals surface area contributed by atoms with Crippen molar-refractivity contribution in [3.63, 3.8) is 0 Å². The molecule has 106 valence electrons. The van der Waals surface area contributed by atoms with E-state index >= 15 is 0 Å². The van der Waals surface area contributed by atoms with Crippen LogP contribution < -0.4 is 5.32 Å². The average molecular weight is 281 g/mol. The van der Waals surface area contributed by atoms with Crippen molar-refractivity contribution in [3.05, 3.63) is 34.9 Å². The number of benzene rings is 1. The summed E-state index contributed by atoms with van der Waals surface area (Å²) in [4.78, 5) is 2.55. The summed E-state index contributed by atoms with van der Waals surface area (Å²) in [6.07, 6.45) is 0. The van der Waals surface area contributed by atoms with Crippen LogP contribution in [0.2, 0.25) is 5.02 Å². The molecular weight excluding hydrogens is 256 g/mol. The highest BCUT2D eigenvalue weighted by molar-refractivity contribution is 6.31. The lowest BCUT2D eigenvalue weighted by Gasteiger charge is -2.47. The quantitative estimate of drug-likeness (QED) is 0.911. The van der Waals surface area contributed by atoms with Crippen LogP contribution in [0.25, 0.3) is 0 Å². The lowest BCUT2D eigenvalue weighted by atomic mass is 9.92. The van der Waals surface area contributed by atoms with Gasteiger partial charge in [0, 0.05) is 36.2 Å². The number of nitrogens with zero attached hydrogens (tertiary/aromatic N) is 1. The number of hydrogen-bond donors (Lipinski definition) is 1. The maximum atomic E-state index is 6.29. The van der Waals surface area contributed by atoms with Gasteiger partial charge in [0.05, 0.1) is 0 Å². The molecule has 1 aliphatic rings. The molecule has 1 N–H and O–H groups in total. The molecule has 1 aromatic carbocycles. The van der Waals surface area contributed by atoms with E-state index in [1.807, 2.05) is 12.1 Å². The first kappa shape index (κ1) is 14.8. The van der Waals surface area contributed by atoms with E-state index in [1.54, 1.807) is 0 Å². The van der Waals surface area contributed by atoms with Gasteiger partial charge in [-0.3, -0.25) is 4.90 Å². The van der Waals surface area contributed by atoms with Crippen molar-refractivity contribution in [1.82, 2.24) is 10.2 Å². The molecule has 1 aromatic rings. The SMILES string of the molecule is CC(C)C1CN(Cc2ccccc2Cl)C(C)(C)CN1.